The zero-order valence-corrected chi connectivity index (χ0v) is 11.0. The molecule has 1 aliphatic rings. The Kier molecular flexibility index (Phi) is 4.87. The predicted molar refractivity (Wildman–Crippen MR) is 64.2 cm³/mol. The summed E-state index contributed by atoms with van der Waals surface area (Å²) in [5.41, 5.74) is 0. The summed E-state index contributed by atoms with van der Waals surface area (Å²) in [5.74, 6) is 0.988. The molecule has 0 saturated carbocycles. The van der Waals surface area contributed by atoms with Crippen LogP contribution in [0.3, 0.4) is 0 Å². The fourth-order valence-corrected chi connectivity index (χ4v) is 2.82. The maximum absolute atomic E-state index is 11.3. The minimum Gasteiger partial charge on any atom is -0.302 e. The smallest absolute Gasteiger partial charge is 0.151 e. The molecule has 90 valence electrons. The molecule has 0 aliphatic carbocycles. The third kappa shape index (κ3) is 4.29. The van der Waals surface area contributed by atoms with E-state index in [9.17, 15) is 8.42 Å². The Morgan fingerprint density at radius 1 is 1.47 bits per heavy atom. The highest BCUT2D eigenvalue weighted by atomic mass is 35.5. The van der Waals surface area contributed by atoms with Crippen molar-refractivity contribution >= 4 is 21.4 Å². The molecule has 15 heavy (non-hydrogen) atoms. The molecule has 1 rings (SSSR count). The minimum absolute atomic E-state index is 0.245. The van der Waals surface area contributed by atoms with Crippen molar-refractivity contribution in [1.82, 2.24) is 4.90 Å². The molecule has 0 N–H and O–H groups in total. The van der Waals surface area contributed by atoms with Gasteiger partial charge in [0.1, 0.15) is 0 Å². The summed E-state index contributed by atoms with van der Waals surface area (Å²) in [5, 5.41) is 0.254. The van der Waals surface area contributed by atoms with Crippen LogP contribution in [0.25, 0.3) is 0 Å². The third-order valence-corrected chi connectivity index (χ3v) is 5.38. The lowest BCUT2D eigenvalue weighted by Gasteiger charge is -2.33. The van der Waals surface area contributed by atoms with Crippen molar-refractivity contribution in [1.29, 1.82) is 0 Å². The fourth-order valence-electron chi connectivity index (χ4n) is 1.82. The van der Waals surface area contributed by atoms with Crippen LogP contribution in [0.5, 0.6) is 0 Å². The molecule has 0 bridgehead atoms. The average Bonchev–Trinajstić information content (AvgIpc) is 2.20. The molecular formula is C10H20ClNO2S. The monoisotopic (exact) mass is 253 g/mol. The van der Waals surface area contributed by atoms with Crippen LogP contribution in [0.4, 0.5) is 0 Å². The largest absolute Gasteiger partial charge is 0.302 e. The number of rotatable bonds is 4. The quantitative estimate of drug-likeness (QED) is 0.711. The van der Waals surface area contributed by atoms with Gasteiger partial charge in [-0.3, -0.25) is 0 Å². The maximum atomic E-state index is 11.3. The van der Waals surface area contributed by atoms with E-state index in [1.165, 1.54) is 0 Å². The van der Waals surface area contributed by atoms with E-state index in [0.29, 0.717) is 12.5 Å². The summed E-state index contributed by atoms with van der Waals surface area (Å²) in [6.07, 6.45) is 0.967. The van der Waals surface area contributed by atoms with Crippen LogP contribution >= 0.6 is 11.6 Å². The molecule has 0 aromatic carbocycles. The summed E-state index contributed by atoms with van der Waals surface area (Å²) in [6, 6.07) is 0. The third-order valence-electron chi connectivity index (χ3n) is 3.04. The number of alkyl halides is 1. The predicted octanol–water partition coefficient (Wildman–Crippen LogP) is 1.37. The molecule has 1 aliphatic heterocycles. The second-order valence-corrected chi connectivity index (χ2v) is 7.35. The molecule has 1 heterocycles. The van der Waals surface area contributed by atoms with Crippen LogP contribution in [0, 0.1) is 5.92 Å². The van der Waals surface area contributed by atoms with Crippen LogP contribution < -0.4 is 0 Å². The fraction of sp³-hybridized carbons (Fsp3) is 1.00. The summed E-state index contributed by atoms with van der Waals surface area (Å²) in [6.45, 7) is 6.33. The first kappa shape index (κ1) is 13.3. The van der Waals surface area contributed by atoms with E-state index in [0.717, 1.165) is 19.5 Å². The van der Waals surface area contributed by atoms with Gasteiger partial charge in [-0.2, -0.15) is 0 Å². The Morgan fingerprint density at radius 3 is 2.67 bits per heavy atom. The average molecular weight is 254 g/mol. The molecule has 2 atom stereocenters. The Labute approximate surface area is 97.7 Å². The van der Waals surface area contributed by atoms with Crippen molar-refractivity contribution in [3.63, 3.8) is 0 Å². The van der Waals surface area contributed by atoms with Crippen LogP contribution in [-0.2, 0) is 9.84 Å². The Balaban J connectivity index is 2.35. The Hall–Kier alpha value is 0.200. The molecule has 0 aromatic heterocycles. The molecule has 2 unspecified atom stereocenters. The summed E-state index contributed by atoms with van der Waals surface area (Å²) < 4.78 is 22.7. The summed E-state index contributed by atoms with van der Waals surface area (Å²) in [4.78, 5) is 2.21. The minimum atomic E-state index is -2.82. The van der Waals surface area contributed by atoms with Gasteiger partial charge in [-0.15, -0.1) is 11.6 Å². The van der Waals surface area contributed by atoms with E-state index >= 15 is 0 Å². The first-order chi connectivity index (χ1) is 6.94. The number of piperidine rings is 1. The Bertz CT molecular complexity index is 292. The van der Waals surface area contributed by atoms with Crippen molar-refractivity contribution in [2.24, 2.45) is 5.92 Å². The van der Waals surface area contributed by atoms with E-state index in [-0.39, 0.29) is 16.9 Å². The van der Waals surface area contributed by atoms with Gasteiger partial charge in [0.25, 0.3) is 0 Å². The van der Waals surface area contributed by atoms with Gasteiger partial charge in [0, 0.05) is 24.2 Å². The summed E-state index contributed by atoms with van der Waals surface area (Å²) >= 11 is 6.10. The first-order valence-corrected chi connectivity index (χ1v) is 7.77. The van der Waals surface area contributed by atoms with Crippen molar-refractivity contribution in [2.75, 3.05) is 31.1 Å². The second kappa shape index (κ2) is 5.51. The van der Waals surface area contributed by atoms with Gasteiger partial charge >= 0.3 is 0 Å². The number of likely N-dealkylation sites (tertiary alicyclic amines) is 1. The summed E-state index contributed by atoms with van der Waals surface area (Å²) in [7, 11) is -2.82. The number of hydrogen-bond acceptors (Lipinski definition) is 3. The van der Waals surface area contributed by atoms with Crippen molar-refractivity contribution in [3.8, 4) is 0 Å². The lowest BCUT2D eigenvalue weighted by molar-refractivity contribution is 0.197. The van der Waals surface area contributed by atoms with Crippen molar-refractivity contribution < 1.29 is 8.42 Å². The number of nitrogens with zero attached hydrogens (tertiary/aromatic N) is 1. The van der Waals surface area contributed by atoms with E-state index in [1.54, 1.807) is 6.92 Å². The van der Waals surface area contributed by atoms with Gasteiger partial charge in [0.05, 0.1) is 5.75 Å². The number of halogens is 1. The zero-order valence-electron chi connectivity index (χ0n) is 9.45. The SMILES string of the molecule is CCS(=O)(=O)CCN1CCC(Cl)C(C)C1. The van der Waals surface area contributed by atoms with Crippen LogP contribution in [0.1, 0.15) is 20.3 Å². The number of sulfone groups is 1. The van der Waals surface area contributed by atoms with Crippen molar-refractivity contribution in [2.45, 2.75) is 25.6 Å². The van der Waals surface area contributed by atoms with E-state index in [2.05, 4.69) is 11.8 Å². The molecule has 1 fully saturated rings. The number of hydrogen-bond donors (Lipinski definition) is 0. The van der Waals surface area contributed by atoms with E-state index in [4.69, 9.17) is 11.6 Å². The van der Waals surface area contributed by atoms with E-state index < -0.39 is 9.84 Å². The highest BCUT2D eigenvalue weighted by Gasteiger charge is 2.24. The molecule has 0 amide bonds. The molecule has 0 spiro atoms. The molecule has 3 nitrogen and oxygen atoms in total. The maximum Gasteiger partial charge on any atom is 0.151 e. The molecule has 0 radical (unpaired) electrons. The normalized spacial score (nSPS) is 29.3. The lowest BCUT2D eigenvalue weighted by Crippen LogP contribution is -2.42. The standard InChI is InChI=1S/C10H20ClNO2S/c1-3-15(13,14)7-6-12-5-4-10(11)9(2)8-12/h9-10H,3-8H2,1-2H3. The van der Waals surface area contributed by atoms with Gasteiger partial charge in [-0.1, -0.05) is 13.8 Å². The van der Waals surface area contributed by atoms with Crippen molar-refractivity contribution in [3.05, 3.63) is 0 Å². The second-order valence-electron chi connectivity index (χ2n) is 4.32. The highest BCUT2D eigenvalue weighted by molar-refractivity contribution is 7.91. The van der Waals surface area contributed by atoms with Gasteiger partial charge < -0.3 is 4.90 Å². The van der Waals surface area contributed by atoms with Crippen LogP contribution in [0.2, 0.25) is 0 Å². The molecule has 0 aromatic rings. The molecule has 5 heteroatoms. The van der Waals surface area contributed by atoms with Gasteiger partial charge in [-0.25, -0.2) is 8.42 Å². The Morgan fingerprint density at radius 2 is 2.13 bits per heavy atom. The molecular weight excluding hydrogens is 234 g/mol. The van der Waals surface area contributed by atoms with Gasteiger partial charge in [0.2, 0.25) is 0 Å². The van der Waals surface area contributed by atoms with Crippen LogP contribution in [-0.4, -0.2) is 49.8 Å². The highest BCUT2D eigenvalue weighted by Crippen LogP contribution is 2.21. The van der Waals surface area contributed by atoms with Gasteiger partial charge in [-0.05, 0) is 18.9 Å². The molecule has 1 saturated heterocycles. The lowest BCUT2D eigenvalue weighted by atomic mass is 10.00. The first-order valence-electron chi connectivity index (χ1n) is 5.51. The van der Waals surface area contributed by atoms with Crippen LogP contribution in [0.15, 0.2) is 0 Å². The van der Waals surface area contributed by atoms with Gasteiger partial charge in [0.15, 0.2) is 9.84 Å². The zero-order chi connectivity index (χ0) is 11.5. The topological polar surface area (TPSA) is 37.4 Å². The van der Waals surface area contributed by atoms with E-state index in [1.807, 2.05) is 0 Å².